The van der Waals surface area contributed by atoms with Crippen LogP contribution in [-0.2, 0) is 0 Å². The summed E-state index contributed by atoms with van der Waals surface area (Å²) in [5.41, 5.74) is 0.103. The van der Waals surface area contributed by atoms with Gasteiger partial charge in [0.25, 0.3) is 0 Å². The minimum atomic E-state index is -0.521. The van der Waals surface area contributed by atoms with E-state index in [1.165, 1.54) is 0 Å². The van der Waals surface area contributed by atoms with Crippen molar-refractivity contribution in [3.63, 3.8) is 0 Å². The van der Waals surface area contributed by atoms with Crippen LogP contribution in [0.25, 0.3) is 0 Å². The average Bonchev–Trinajstić information content (AvgIpc) is 2.61. The van der Waals surface area contributed by atoms with Crippen molar-refractivity contribution in [2.75, 3.05) is 5.32 Å². The maximum absolute atomic E-state index is 13.5. The fourth-order valence-electron chi connectivity index (χ4n) is 1.94. The number of hydrogen-bond donors (Lipinski definition) is 2. The van der Waals surface area contributed by atoms with Gasteiger partial charge in [-0.15, -0.1) is 0 Å². The van der Waals surface area contributed by atoms with Gasteiger partial charge in [-0.25, -0.2) is 8.78 Å². The molecule has 1 aliphatic rings. The van der Waals surface area contributed by atoms with Crippen molar-refractivity contribution in [1.29, 1.82) is 0 Å². The molecule has 2 atom stereocenters. The number of rotatable bonds is 2. The molecule has 1 aliphatic carbocycles. The number of halogens is 3. The highest BCUT2D eigenvalue weighted by Gasteiger charge is 2.25. The zero-order valence-electron chi connectivity index (χ0n) is 8.51. The molecule has 0 radical (unpaired) electrons. The molecule has 5 heteroatoms. The number of anilines is 1. The Morgan fingerprint density at radius 2 is 2.00 bits per heavy atom. The minimum Gasteiger partial charge on any atom is -0.391 e. The SMILES string of the molecule is OC1CCCC1Nc1cc(F)c(Br)cc1F. The van der Waals surface area contributed by atoms with Crippen molar-refractivity contribution >= 4 is 21.6 Å². The standard InChI is InChI=1S/C11H12BrF2NO/c12-6-4-8(14)10(5-7(6)13)15-9-2-1-3-11(9)16/h4-5,9,11,15-16H,1-3H2. The summed E-state index contributed by atoms with van der Waals surface area (Å²) in [5, 5.41) is 12.4. The van der Waals surface area contributed by atoms with E-state index in [1.807, 2.05) is 0 Å². The Bertz CT molecular complexity index is 400. The zero-order chi connectivity index (χ0) is 11.7. The molecule has 2 N–H and O–H groups in total. The molecule has 16 heavy (non-hydrogen) atoms. The van der Waals surface area contributed by atoms with Crippen LogP contribution in [0.15, 0.2) is 16.6 Å². The van der Waals surface area contributed by atoms with Crippen molar-refractivity contribution in [3.8, 4) is 0 Å². The number of aliphatic hydroxyl groups excluding tert-OH is 1. The van der Waals surface area contributed by atoms with Crippen LogP contribution in [-0.4, -0.2) is 17.3 Å². The summed E-state index contributed by atoms with van der Waals surface area (Å²) >= 11 is 2.91. The van der Waals surface area contributed by atoms with Crippen LogP contribution in [0, 0.1) is 11.6 Å². The molecule has 0 aromatic heterocycles. The van der Waals surface area contributed by atoms with E-state index in [4.69, 9.17) is 0 Å². The third-order valence-electron chi connectivity index (χ3n) is 2.83. The van der Waals surface area contributed by atoms with Gasteiger partial charge in [0.2, 0.25) is 0 Å². The number of hydrogen-bond acceptors (Lipinski definition) is 2. The predicted molar refractivity (Wildman–Crippen MR) is 61.3 cm³/mol. The molecule has 2 rings (SSSR count). The Morgan fingerprint density at radius 1 is 1.25 bits per heavy atom. The van der Waals surface area contributed by atoms with Crippen LogP contribution in [0.3, 0.4) is 0 Å². The molecule has 2 unspecified atom stereocenters. The van der Waals surface area contributed by atoms with Crippen molar-refractivity contribution in [3.05, 3.63) is 28.2 Å². The molecular weight excluding hydrogens is 280 g/mol. The van der Waals surface area contributed by atoms with Gasteiger partial charge in [-0.05, 0) is 41.3 Å². The molecule has 1 aromatic rings. The van der Waals surface area contributed by atoms with Crippen molar-refractivity contribution in [1.82, 2.24) is 0 Å². The highest BCUT2D eigenvalue weighted by molar-refractivity contribution is 9.10. The van der Waals surface area contributed by atoms with E-state index in [0.29, 0.717) is 6.42 Å². The quantitative estimate of drug-likeness (QED) is 0.821. The molecule has 88 valence electrons. The van der Waals surface area contributed by atoms with Gasteiger partial charge >= 0.3 is 0 Å². The molecule has 1 aromatic carbocycles. The number of aliphatic hydroxyl groups is 1. The summed E-state index contributed by atoms with van der Waals surface area (Å²) in [6.07, 6.45) is 1.90. The summed E-state index contributed by atoms with van der Waals surface area (Å²) in [4.78, 5) is 0. The molecule has 0 amide bonds. The minimum absolute atomic E-state index is 0.0996. The van der Waals surface area contributed by atoms with Crippen LogP contribution in [0.5, 0.6) is 0 Å². The number of nitrogens with one attached hydrogen (secondary N) is 1. The molecule has 2 nitrogen and oxygen atoms in total. The second kappa shape index (κ2) is 4.67. The third kappa shape index (κ3) is 2.35. The molecule has 0 heterocycles. The highest BCUT2D eigenvalue weighted by atomic mass is 79.9. The normalized spacial score (nSPS) is 24.8. The van der Waals surface area contributed by atoms with Crippen molar-refractivity contribution in [2.45, 2.75) is 31.4 Å². The molecule has 0 aliphatic heterocycles. The highest BCUT2D eigenvalue weighted by Crippen LogP contribution is 2.27. The van der Waals surface area contributed by atoms with E-state index in [-0.39, 0.29) is 16.2 Å². The maximum Gasteiger partial charge on any atom is 0.147 e. The van der Waals surface area contributed by atoms with E-state index >= 15 is 0 Å². The molecule has 0 spiro atoms. The summed E-state index contributed by atoms with van der Waals surface area (Å²) in [5.74, 6) is -1.04. The lowest BCUT2D eigenvalue weighted by atomic mass is 10.2. The van der Waals surface area contributed by atoms with Crippen LogP contribution in [0.1, 0.15) is 19.3 Å². The zero-order valence-corrected chi connectivity index (χ0v) is 10.1. The lowest BCUT2D eigenvalue weighted by Crippen LogP contribution is -2.28. The first-order chi connectivity index (χ1) is 7.58. The van der Waals surface area contributed by atoms with Gasteiger partial charge in [-0.1, -0.05) is 0 Å². The fourth-order valence-corrected chi connectivity index (χ4v) is 2.26. The summed E-state index contributed by atoms with van der Waals surface area (Å²) < 4.78 is 26.8. The Balaban J connectivity index is 2.18. The summed E-state index contributed by atoms with van der Waals surface area (Å²) in [6, 6.07) is 2.00. The lowest BCUT2D eigenvalue weighted by Gasteiger charge is -2.18. The summed E-state index contributed by atoms with van der Waals surface area (Å²) in [7, 11) is 0. The van der Waals surface area contributed by atoms with Crippen molar-refractivity contribution < 1.29 is 13.9 Å². The second-order valence-corrected chi connectivity index (χ2v) is 4.85. The molecule has 0 bridgehead atoms. The molecule has 1 saturated carbocycles. The van der Waals surface area contributed by atoms with Crippen LogP contribution < -0.4 is 5.32 Å². The first kappa shape index (κ1) is 11.8. The largest absolute Gasteiger partial charge is 0.391 e. The first-order valence-corrected chi connectivity index (χ1v) is 5.96. The van der Waals surface area contributed by atoms with Gasteiger partial charge in [-0.3, -0.25) is 0 Å². The topological polar surface area (TPSA) is 32.3 Å². The van der Waals surface area contributed by atoms with E-state index < -0.39 is 17.7 Å². The first-order valence-electron chi connectivity index (χ1n) is 5.17. The van der Waals surface area contributed by atoms with Gasteiger partial charge in [0, 0.05) is 6.07 Å². The van der Waals surface area contributed by atoms with Gasteiger partial charge in [0.15, 0.2) is 0 Å². The van der Waals surface area contributed by atoms with Gasteiger partial charge < -0.3 is 10.4 Å². The van der Waals surface area contributed by atoms with E-state index in [9.17, 15) is 13.9 Å². The van der Waals surface area contributed by atoms with Gasteiger partial charge in [-0.2, -0.15) is 0 Å². The van der Waals surface area contributed by atoms with Crippen LogP contribution in [0.2, 0.25) is 0 Å². The molecular formula is C11H12BrF2NO. The van der Waals surface area contributed by atoms with E-state index in [1.54, 1.807) is 0 Å². The lowest BCUT2D eigenvalue weighted by molar-refractivity contribution is 0.171. The third-order valence-corrected chi connectivity index (χ3v) is 3.44. The molecule has 0 saturated heterocycles. The van der Waals surface area contributed by atoms with Gasteiger partial charge in [0.1, 0.15) is 11.6 Å². The van der Waals surface area contributed by atoms with Crippen LogP contribution in [0.4, 0.5) is 14.5 Å². The Labute approximate surface area is 101 Å². The monoisotopic (exact) mass is 291 g/mol. The summed E-state index contributed by atoms with van der Waals surface area (Å²) in [6.45, 7) is 0. The Hall–Kier alpha value is -0.680. The fraction of sp³-hybridized carbons (Fsp3) is 0.455. The predicted octanol–water partition coefficient (Wildman–Crippen LogP) is 3.05. The van der Waals surface area contributed by atoms with E-state index in [2.05, 4.69) is 21.2 Å². The van der Waals surface area contributed by atoms with Crippen molar-refractivity contribution in [2.24, 2.45) is 0 Å². The smallest absolute Gasteiger partial charge is 0.147 e. The maximum atomic E-state index is 13.5. The Kier molecular flexibility index (Phi) is 3.44. The molecule has 1 fully saturated rings. The van der Waals surface area contributed by atoms with Gasteiger partial charge in [0.05, 0.1) is 22.3 Å². The van der Waals surface area contributed by atoms with E-state index in [0.717, 1.165) is 25.0 Å². The average molecular weight is 292 g/mol. The Morgan fingerprint density at radius 3 is 2.62 bits per heavy atom. The number of benzene rings is 1. The van der Waals surface area contributed by atoms with Crippen LogP contribution >= 0.6 is 15.9 Å². The second-order valence-electron chi connectivity index (χ2n) is 4.00.